The highest BCUT2D eigenvalue weighted by atomic mass is 35.5. The Bertz CT molecular complexity index is 610. The molecule has 0 aliphatic rings. The van der Waals surface area contributed by atoms with Gasteiger partial charge in [-0.15, -0.1) is 0 Å². The molecule has 0 saturated carbocycles. The molecule has 5 heteroatoms. The van der Waals surface area contributed by atoms with Crippen molar-refractivity contribution in [3.8, 4) is 0 Å². The van der Waals surface area contributed by atoms with Crippen LogP contribution in [0.15, 0.2) is 47.4 Å². The Morgan fingerprint density at radius 3 is 2.89 bits per heavy atom. The van der Waals surface area contributed by atoms with E-state index in [2.05, 4.69) is 0 Å². The zero-order valence-electron chi connectivity index (χ0n) is 10.4. The predicted octanol–water partition coefficient (Wildman–Crippen LogP) is 2.30. The zero-order chi connectivity index (χ0) is 13.7. The van der Waals surface area contributed by atoms with Gasteiger partial charge in [0.15, 0.2) is 0 Å². The monoisotopic (exact) mass is 278 g/mol. The van der Waals surface area contributed by atoms with Crippen molar-refractivity contribution in [3.63, 3.8) is 0 Å². The number of nitrogen functional groups attached to an aromatic ring is 1. The van der Waals surface area contributed by atoms with Crippen molar-refractivity contribution < 1.29 is 4.74 Å². The van der Waals surface area contributed by atoms with Crippen LogP contribution in [0, 0.1) is 0 Å². The number of nitrogens with two attached hydrogens (primary N) is 1. The number of ether oxygens (including phenoxy) is 1. The highest BCUT2D eigenvalue weighted by Gasteiger charge is 1.98. The number of aromatic nitrogens is 1. The summed E-state index contributed by atoms with van der Waals surface area (Å²) in [5, 5.41) is 0.688. The van der Waals surface area contributed by atoms with E-state index in [1.807, 2.05) is 24.3 Å². The number of benzene rings is 1. The van der Waals surface area contributed by atoms with E-state index in [0.29, 0.717) is 30.5 Å². The van der Waals surface area contributed by atoms with Crippen LogP contribution < -0.4 is 11.3 Å². The Labute approximate surface area is 116 Å². The normalized spacial score (nSPS) is 10.6. The smallest absolute Gasteiger partial charge is 0.250 e. The van der Waals surface area contributed by atoms with Gasteiger partial charge in [0.05, 0.1) is 13.2 Å². The first-order valence-electron chi connectivity index (χ1n) is 5.93. The summed E-state index contributed by atoms with van der Waals surface area (Å²) in [6.45, 7) is 1.39. The Morgan fingerprint density at radius 2 is 2.11 bits per heavy atom. The van der Waals surface area contributed by atoms with Crippen molar-refractivity contribution >= 4 is 17.3 Å². The van der Waals surface area contributed by atoms with Gasteiger partial charge in [-0.25, -0.2) is 0 Å². The summed E-state index contributed by atoms with van der Waals surface area (Å²) in [6.07, 6.45) is 1.62. The van der Waals surface area contributed by atoms with Crippen molar-refractivity contribution in [3.05, 3.63) is 63.5 Å². The number of pyridine rings is 1. The van der Waals surface area contributed by atoms with Crippen molar-refractivity contribution in [2.75, 3.05) is 12.3 Å². The van der Waals surface area contributed by atoms with E-state index in [9.17, 15) is 4.79 Å². The van der Waals surface area contributed by atoms with Gasteiger partial charge in [0.25, 0.3) is 5.56 Å². The molecule has 2 aromatic rings. The summed E-state index contributed by atoms with van der Waals surface area (Å²) in [7, 11) is 0. The predicted molar refractivity (Wildman–Crippen MR) is 76.2 cm³/mol. The standard InChI is InChI=1S/C14H15ClN2O2/c15-12-3-1-2-11(8-12)10-19-7-6-17-9-13(16)4-5-14(17)18/h1-5,8-9H,6-7,10,16H2. The SMILES string of the molecule is Nc1ccc(=O)n(CCOCc2cccc(Cl)c2)c1. The number of nitrogens with zero attached hydrogens (tertiary/aromatic N) is 1. The Morgan fingerprint density at radius 1 is 1.26 bits per heavy atom. The fourth-order valence-electron chi connectivity index (χ4n) is 1.70. The van der Waals surface area contributed by atoms with Crippen LogP contribution in [0.4, 0.5) is 5.69 Å². The molecule has 1 heterocycles. The molecule has 0 unspecified atom stereocenters. The lowest BCUT2D eigenvalue weighted by molar-refractivity contribution is 0.112. The third kappa shape index (κ3) is 4.12. The van der Waals surface area contributed by atoms with E-state index < -0.39 is 0 Å². The first-order chi connectivity index (χ1) is 9.15. The van der Waals surface area contributed by atoms with Crippen LogP contribution in [-0.4, -0.2) is 11.2 Å². The number of hydrogen-bond donors (Lipinski definition) is 1. The molecule has 4 nitrogen and oxygen atoms in total. The van der Waals surface area contributed by atoms with Gasteiger partial charge < -0.3 is 15.0 Å². The zero-order valence-corrected chi connectivity index (χ0v) is 11.1. The van der Waals surface area contributed by atoms with Crippen LogP contribution in [0.5, 0.6) is 0 Å². The minimum absolute atomic E-state index is 0.0828. The van der Waals surface area contributed by atoms with E-state index >= 15 is 0 Å². The van der Waals surface area contributed by atoms with Gasteiger partial charge >= 0.3 is 0 Å². The quantitative estimate of drug-likeness (QED) is 0.854. The molecule has 100 valence electrons. The second-order valence-electron chi connectivity index (χ2n) is 4.18. The number of halogens is 1. The summed E-state index contributed by atoms with van der Waals surface area (Å²) in [4.78, 5) is 11.5. The molecule has 0 spiro atoms. The second-order valence-corrected chi connectivity index (χ2v) is 4.61. The minimum atomic E-state index is -0.0828. The first-order valence-corrected chi connectivity index (χ1v) is 6.31. The van der Waals surface area contributed by atoms with E-state index in [0.717, 1.165) is 5.56 Å². The average molecular weight is 279 g/mol. The third-order valence-electron chi connectivity index (χ3n) is 2.64. The van der Waals surface area contributed by atoms with E-state index in [1.165, 1.54) is 10.6 Å². The molecule has 0 aliphatic heterocycles. The first kappa shape index (κ1) is 13.6. The molecule has 1 aromatic heterocycles. The van der Waals surface area contributed by atoms with Gasteiger partial charge in [0.1, 0.15) is 0 Å². The van der Waals surface area contributed by atoms with E-state index in [-0.39, 0.29) is 5.56 Å². The van der Waals surface area contributed by atoms with Crippen LogP contribution in [0.2, 0.25) is 5.02 Å². The Kier molecular flexibility index (Phi) is 4.60. The topological polar surface area (TPSA) is 57.2 Å². The van der Waals surface area contributed by atoms with Crippen molar-refractivity contribution in [1.82, 2.24) is 4.57 Å². The van der Waals surface area contributed by atoms with Gasteiger partial charge in [0.2, 0.25) is 0 Å². The maximum atomic E-state index is 11.5. The van der Waals surface area contributed by atoms with Gasteiger partial charge in [-0.1, -0.05) is 23.7 Å². The molecule has 2 N–H and O–H groups in total. The molecule has 1 aromatic carbocycles. The van der Waals surface area contributed by atoms with Crippen LogP contribution in [-0.2, 0) is 17.9 Å². The lowest BCUT2D eigenvalue weighted by Gasteiger charge is -2.07. The molecule has 0 atom stereocenters. The summed E-state index contributed by atoms with van der Waals surface area (Å²) in [5.74, 6) is 0. The maximum absolute atomic E-state index is 11.5. The molecule has 0 saturated heterocycles. The molecule has 19 heavy (non-hydrogen) atoms. The highest BCUT2D eigenvalue weighted by Crippen LogP contribution is 2.11. The van der Waals surface area contributed by atoms with Gasteiger partial charge in [-0.2, -0.15) is 0 Å². The fourth-order valence-corrected chi connectivity index (χ4v) is 1.92. The highest BCUT2D eigenvalue weighted by molar-refractivity contribution is 6.30. The molecular formula is C14H15ClN2O2. The van der Waals surface area contributed by atoms with Crippen LogP contribution in [0.25, 0.3) is 0 Å². The van der Waals surface area contributed by atoms with Crippen molar-refractivity contribution in [2.45, 2.75) is 13.2 Å². The third-order valence-corrected chi connectivity index (χ3v) is 2.88. The number of anilines is 1. The van der Waals surface area contributed by atoms with Crippen molar-refractivity contribution in [2.24, 2.45) is 0 Å². The molecule has 0 radical (unpaired) electrons. The van der Waals surface area contributed by atoms with Crippen LogP contribution in [0.1, 0.15) is 5.56 Å². The summed E-state index contributed by atoms with van der Waals surface area (Å²) in [6, 6.07) is 10.5. The van der Waals surface area contributed by atoms with Crippen molar-refractivity contribution in [1.29, 1.82) is 0 Å². The lowest BCUT2D eigenvalue weighted by atomic mass is 10.2. The minimum Gasteiger partial charge on any atom is -0.398 e. The van der Waals surface area contributed by atoms with Crippen LogP contribution >= 0.6 is 11.6 Å². The second kappa shape index (κ2) is 6.41. The molecule has 0 fully saturated rings. The fraction of sp³-hybridized carbons (Fsp3) is 0.214. The summed E-state index contributed by atoms with van der Waals surface area (Å²) >= 11 is 5.88. The van der Waals surface area contributed by atoms with Crippen LogP contribution in [0.3, 0.4) is 0 Å². The van der Waals surface area contributed by atoms with E-state index in [4.69, 9.17) is 22.1 Å². The molecule has 0 bridgehead atoms. The lowest BCUT2D eigenvalue weighted by Crippen LogP contribution is -2.21. The molecule has 0 aliphatic carbocycles. The van der Waals surface area contributed by atoms with Gasteiger partial charge in [-0.3, -0.25) is 4.79 Å². The number of rotatable bonds is 5. The summed E-state index contributed by atoms with van der Waals surface area (Å²) in [5.41, 5.74) is 7.11. The molecule has 2 rings (SSSR count). The molecule has 0 amide bonds. The molecular weight excluding hydrogens is 264 g/mol. The maximum Gasteiger partial charge on any atom is 0.250 e. The van der Waals surface area contributed by atoms with E-state index in [1.54, 1.807) is 12.3 Å². The Hall–Kier alpha value is -1.78. The summed E-state index contributed by atoms with van der Waals surface area (Å²) < 4.78 is 7.05. The average Bonchev–Trinajstić information content (AvgIpc) is 2.39. The number of hydrogen-bond acceptors (Lipinski definition) is 3. The van der Waals surface area contributed by atoms with Gasteiger partial charge in [-0.05, 0) is 23.8 Å². The Balaban J connectivity index is 1.84. The van der Waals surface area contributed by atoms with Gasteiger partial charge in [0, 0.05) is 29.5 Å². The largest absolute Gasteiger partial charge is 0.398 e.